The molecule has 1 amide bonds. The molecular formula is C14H16ClN3O2. The largest absolute Gasteiger partial charge is 0.355 e. The SMILES string of the molecule is Cl.O=C(NCC1CNC1)c1cc(-c2ccccc2)on1. The number of benzene rings is 1. The molecule has 6 heteroatoms. The van der Waals surface area contributed by atoms with Gasteiger partial charge in [-0.1, -0.05) is 35.5 Å². The Kier molecular flexibility index (Phi) is 4.76. The molecule has 0 radical (unpaired) electrons. The standard InChI is InChI=1S/C14H15N3O2.ClH/c18-14(16-9-10-7-15-8-10)12-6-13(19-17-12)11-4-2-1-3-5-11;/h1-6,10,15H,7-9H2,(H,16,18);1H. The van der Waals surface area contributed by atoms with Crippen LogP contribution in [0.3, 0.4) is 0 Å². The summed E-state index contributed by atoms with van der Waals surface area (Å²) in [6.45, 7) is 2.61. The average molecular weight is 294 g/mol. The Morgan fingerprint density at radius 3 is 2.75 bits per heavy atom. The van der Waals surface area contributed by atoms with E-state index in [2.05, 4.69) is 15.8 Å². The summed E-state index contributed by atoms with van der Waals surface area (Å²) in [5.74, 6) is 0.957. The summed E-state index contributed by atoms with van der Waals surface area (Å²) in [6, 6.07) is 11.3. The van der Waals surface area contributed by atoms with Gasteiger partial charge < -0.3 is 15.2 Å². The Balaban J connectivity index is 0.00000147. The van der Waals surface area contributed by atoms with E-state index < -0.39 is 0 Å². The Labute approximate surface area is 123 Å². The Bertz CT molecular complexity index is 567. The molecule has 2 aromatic rings. The number of carbonyl (C=O) groups excluding carboxylic acids is 1. The van der Waals surface area contributed by atoms with Crippen molar-refractivity contribution in [1.29, 1.82) is 0 Å². The molecule has 0 spiro atoms. The number of halogens is 1. The molecular weight excluding hydrogens is 278 g/mol. The van der Waals surface area contributed by atoms with E-state index in [0.717, 1.165) is 18.7 Å². The van der Waals surface area contributed by atoms with Gasteiger partial charge in [-0.2, -0.15) is 0 Å². The Morgan fingerprint density at radius 1 is 1.35 bits per heavy atom. The van der Waals surface area contributed by atoms with Crippen LogP contribution in [0.15, 0.2) is 40.9 Å². The predicted molar refractivity (Wildman–Crippen MR) is 77.9 cm³/mol. The molecule has 0 saturated carbocycles. The van der Waals surface area contributed by atoms with Crippen molar-refractivity contribution in [3.63, 3.8) is 0 Å². The van der Waals surface area contributed by atoms with Gasteiger partial charge in [0.1, 0.15) is 0 Å². The van der Waals surface area contributed by atoms with Gasteiger partial charge in [-0.05, 0) is 0 Å². The number of amides is 1. The number of hydrogen-bond donors (Lipinski definition) is 2. The van der Waals surface area contributed by atoms with E-state index in [1.165, 1.54) is 0 Å². The van der Waals surface area contributed by atoms with Gasteiger partial charge in [-0.15, -0.1) is 12.4 Å². The van der Waals surface area contributed by atoms with Crippen molar-refractivity contribution >= 4 is 18.3 Å². The fourth-order valence-corrected chi connectivity index (χ4v) is 1.94. The number of nitrogens with one attached hydrogen (secondary N) is 2. The van der Waals surface area contributed by atoms with E-state index in [1.807, 2.05) is 30.3 Å². The summed E-state index contributed by atoms with van der Waals surface area (Å²) in [5, 5.41) is 9.84. The monoisotopic (exact) mass is 293 g/mol. The van der Waals surface area contributed by atoms with Crippen LogP contribution in [0.4, 0.5) is 0 Å². The molecule has 1 fully saturated rings. The number of hydrogen-bond acceptors (Lipinski definition) is 4. The molecule has 2 N–H and O–H groups in total. The summed E-state index contributed by atoms with van der Waals surface area (Å²) < 4.78 is 5.20. The number of carbonyl (C=O) groups is 1. The zero-order valence-corrected chi connectivity index (χ0v) is 11.7. The first-order valence-electron chi connectivity index (χ1n) is 6.34. The van der Waals surface area contributed by atoms with Crippen molar-refractivity contribution in [3.05, 3.63) is 42.1 Å². The van der Waals surface area contributed by atoms with E-state index in [4.69, 9.17) is 4.52 Å². The highest BCUT2D eigenvalue weighted by molar-refractivity contribution is 5.93. The van der Waals surface area contributed by atoms with Gasteiger partial charge in [0, 0.05) is 37.2 Å². The highest BCUT2D eigenvalue weighted by Crippen LogP contribution is 2.19. The zero-order valence-electron chi connectivity index (χ0n) is 10.8. The molecule has 1 saturated heterocycles. The minimum Gasteiger partial charge on any atom is -0.355 e. The summed E-state index contributed by atoms with van der Waals surface area (Å²) >= 11 is 0. The minimum absolute atomic E-state index is 0. The van der Waals surface area contributed by atoms with Crippen LogP contribution in [0.25, 0.3) is 11.3 Å². The Hall–Kier alpha value is -1.85. The first-order valence-corrected chi connectivity index (χ1v) is 6.34. The molecule has 0 bridgehead atoms. The normalized spacial score (nSPS) is 14.2. The molecule has 2 heterocycles. The van der Waals surface area contributed by atoms with E-state index >= 15 is 0 Å². The molecule has 1 aromatic carbocycles. The van der Waals surface area contributed by atoms with Crippen LogP contribution >= 0.6 is 12.4 Å². The molecule has 20 heavy (non-hydrogen) atoms. The minimum atomic E-state index is -0.183. The van der Waals surface area contributed by atoms with E-state index in [1.54, 1.807) is 6.07 Å². The molecule has 3 rings (SSSR count). The van der Waals surface area contributed by atoms with Crippen molar-refractivity contribution in [2.75, 3.05) is 19.6 Å². The molecule has 5 nitrogen and oxygen atoms in total. The maximum absolute atomic E-state index is 11.9. The van der Waals surface area contributed by atoms with Gasteiger partial charge in [0.15, 0.2) is 11.5 Å². The lowest BCUT2D eigenvalue weighted by molar-refractivity contribution is 0.0933. The third-order valence-corrected chi connectivity index (χ3v) is 3.22. The molecule has 1 aliphatic rings. The maximum atomic E-state index is 11.9. The van der Waals surface area contributed by atoms with Gasteiger partial charge in [0.25, 0.3) is 5.91 Å². The van der Waals surface area contributed by atoms with Crippen LogP contribution in [0.1, 0.15) is 10.5 Å². The Morgan fingerprint density at radius 2 is 2.10 bits per heavy atom. The number of aromatic nitrogens is 1. The van der Waals surface area contributed by atoms with Crippen molar-refractivity contribution in [3.8, 4) is 11.3 Å². The molecule has 0 unspecified atom stereocenters. The van der Waals surface area contributed by atoms with Crippen molar-refractivity contribution in [2.45, 2.75) is 0 Å². The topological polar surface area (TPSA) is 67.2 Å². The number of rotatable bonds is 4. The van der Waals surface area contributed by atoms with Crippen molar-refractivity contribution in [1.82, 2.24) is 15.8 Å². The predicted octanol–water partition coefficient (Wildman–Crippen LogP) is 1.71. The second-order valence-electron chi connectivity index (χ2n) is 4.68. The lowest BCUT2D eigenvalue weighted by Gasteiger charge is -2.26. The molecule has 0 atom stereocenters. The van der Waals surface area contributed by atoms with E-state index in [9.17, 15) is 4.79 Å². The molecule has 1 aromatic heterocycles. The fourth-order valence-electron chi connectivity index (χ4n) is 1.94. The lowest BCUT2D eigenvalue weighted by atomic mass is 10.0. The van der Waals surface area contributed by atoms with E-state index in [0.29, 0.717) is 23.9 Å². The summed E-state index contributed by atoms with van der Waals surface area (Å²) in [6.07, 6.45) is 0. The van der Waals surface area contributed by atoms with Gasteiger partial charge in [0.05, 0.1) is 0 Å². The maximum Gasteiger partial charge on any atom is 0.273 e. The van der Waals surface area contributed by atoms with Crippen molar-refractivity contribution < 1.29 is 9.32 Å². The zero-order chi connectivity index (χ0) is 13.1. The van der Waals surface area contributed by atoms with Gasteiger partial charge in [-0.3, -0.25) is 4.79 Å². The average Bonchev–Trinajstić information content (AvgIpc) is 2.87. The number of nitrogens with zero attached hydrogens (tertiary/aromatic N) is 1. The fraction of sp³-hybridized carbons (Fsp3) is 0.286. The van der Waals surface area contributed by atoms with Crippen LogP contribution in [0.5, 0.6) is 0 Å². The van der Waals surface area contributed by atoms with Crippen molar-refractivity contribution in [2.24, 2.45) is 5.92 Å². The highest BCUT2D eigenvalue weighted by atomic mass is 35.5. The van der Waals surface area contributed by atoms with Gasteiger partial charge >= 0.3 is 0 Å². The quantitative estimate of drug-likeness (QED) is 0.900. The summed E-state index contributed by atoms with van der Waals surface area (Å²) in [5.41, 5.74) is 1.24. The van der Waals surface area contributed by atoms with Crippen LogP contribution in [-0.2, 0) is 0 Å². The van der Waals surface area contributed by atoms with Gasteiger partial charge in [-0.25, -0.2) is 0 Å². The first-order chi connectivity index (χ1) is 9.33. The third-order valence-electron chi connectivity index (χ3n) is 3.22. The third kappa shape index (κ3) is 3.18. The molecule has 0 aliphatic carbocycles. The smallest absolute Gasteiger partial charge is 0.273 e. The van der Waals surface area contributed by atoms with E-state index in [-0.39, 0.29) is 18.3 Å². The summed E-state index contributed by atoms with van der Waals surface area (Å²) in [7, 11) is 0. The molecule has 1 aliphatic heterocycles. The second-order valence-corrected chi connectivity index (χ2v) is 4.68. The van der Waals surface area contributed by atoms with Crippen LogP contribution in [0, 0.1) is 5.92 Å². The van der Waals surface area contributed by atoms with Crippen LogP contribution < -0.4 is 10.6 Å². The summed E-state index contributed by atoms with van der Waals surface area (Å²) in [4.78, 5) is 11.9. The molecule has 106 valence electrons. The van der Waals surface area contributed by atoms with Crippen LogP contribution in [0.2, 0.25) is 0 Å². The lowest BCUT2D eigenvalue weighted by Crippen LogP contribution is -2.48. The van der Waals surface area contributed by atoms with Crippen LogP contribution in [-0.4, -0.2) is 30.7 Å². The first kappa shape index (κ1) is 14.6. The second kappa shape index (κ2) is 6.54. The highest BCUT2D eigenvalue weighted by Gasteiger charge is 2.19. The van der Waals surface area contributed by atoms with Gasteiger partial charge in [0.2, 0.25) is 0 Å².